The molecule has 14 heavy (non-hydrogen) atoms. The van der Waals surface area contributed by atoms with Crippen molar-refractivity contribution in [2.24, 2.45) is 5.73 Å². The summed E-state index contributed by atoms with van der Waals surface area (Å²) in [5.41, 5.74) is 5.61. The van der Waals surface area contributed by atoms with Gasteiger partial charge in [-0.05, 0) is 20.3 Å². The summed E-state index contributed by atoms with van der Waals surface area (Å²) in [6.07, 6.45) is 0.738. The van der Waals surface area contributed by atoms with Crippen molar-refractivity contribution in [2.75, 3.05) is 6.61 Å². The van der Waals surface area contributed by atoms with Crippen LogP contribution in [0.4, 0.5) is 0 Å². The van der Waals surface area contributed by atoms with Gasteiger partial charge in [0.1, 0.15) is 6.10 Å². The summed E-state index contributed by atoms with van der Waals surface area (Å²) in [7, 11) is 0. The van der Waals surface area contributed by atoms with Crippen molar-refractivity contribution in [3.63, 3.8) is 0 Å². The molecule has 0 saturated heterocycles. The molecule has 1 aromatic rings. The van der Waals surface area contributed by atoms with Crippen LogP contribution < -0.4 is 5.73 Å². The minimum atomic E-state index is -0.226. The summed E-state index contributed by atoms with van der Waals surface area (Å²) in [5.74, 6) is 1.04. The van der Waals surface area contributed by atoms with Crippen molar-refractivity contribution in [3.05, 3.63) is 11.7 Å². The van der Waals surface area contributed by atoms with Crippen LogP contribution in [0.25, 0.3) is 0 Å². The van der Waals surface area contributed by atoms with Gasteiger partial charge in [-0.15, -0.1) is 0 Å². The molecule has 0 aromatic carbocycles. The van der Waals surface area contributed by atoms with Crippen LogP contribution >= 0.6 is 0 Å². The first kappa shape index (κ1) is 11.1. The quantitative estimate of drug-likeness (QED) is 0.779. The Morgan fingerprint density at radius 3 is 2.64 bits per heavy atom. The first-order valence-electron chi connectivity index (χ1n) is 4.89. The van der Waals surface area contributed by atoms with E-state index in [1.54, 1.807) is 6.92 Å². The maximum Gasteiger partial charge on any atom is 0.243 e. The molecule has 0 aliphatic carbocycles. The van der Waals surface area contributed by atoms with Gasteiger partial charge in [0.05, 0.1) is 6.04 Å². The summed E-state index contributed by atoms with van der Waals surface area (Å²) < 4.78 is 10.4. The fraction of sp³-hybridized carbons (Fsp3) is 0.778. The molecule has 0 saturated carbocycles. The number of rotatable bonds is 5. The van der Waals surface area contributed by atoms with E-state index >= 15 is 0 Å². The molecule has 1 unspecified atom stereocenters. The van der Waals surface area contributed by atoms with Crippen LogP contribution in [-0.2, 0) is 4.74 Å². The first-order valence-corrected chi connectivity index (χ1v) is 4.89. The zero-order valence-corrected chi connectivity index (χ0v) is 8.86. The minimum Gasteiger partial charge on any atom is -0.370 e. The Kier molecular flexibility index (Phi) is 4.03. The highest BCUT2D eigenvalue weighted by Gasteiger charge is 2.17. The Bertz CT molecular complexity index is 273. The number of hydrogen-bond acceptors (Lipinski definition) is 5. The van der Waals surface area contributed by atoms with Crippen molar-refractivity contribution < 1.29 is 9.26 Å². The number of nitrogens with zero attached hydrogens (tertiary/aromatic N) is 2. The second kappa shape index (κ2) is 5.07. The summed E-state index contributed by atoms with van der Waals surface area (Å²) in [5, 5.41) is 3.84. The van der Waals surface area contributed by atoms with Crippen LogP contribution in [0.1, 0.15) is 51.1 Å². The second-order valence-corrected chi connectivity index (χ2v) is 3.13. The standard InChI is InChI=1S/C9H17N3O2/c1-4-7(13-5-2)8-11-9(6(3)10)14-12-8/h6-7H,4-5,10H2,1-3H3/t6-,7?/m0/s1. The normalized spacial score (nSPS) is 15.4. The Hall–Kier alpha value is -0.940. The Labute approximate surface area is 83.6 Å². The Balaban J connectivity index is 2.73. The van der Waals surface area contributed by atoms with Gasteiger partial charge in [0, 0.05) is 6.61 Å². The van der Waals surface area contributed by atoms with E-state index in [2.05, 4.69) is 10.1 Å². The van der Waals surface area contributed by atoms with E-state index in [-0.39, 0.29) is 12.1 Å². The van der Waals surface area contributed by atoms with Gasteiger partial charge in [0.25, 0.3) is 0 Å². The minimum absolute atomic E-state index is 0.0868. The summed E-state index contributed by atoms with van der Waals surface area (Å²) in [4.78, 5) is 4.17. The fourth-order valence-corrected chi connectivity index (χ4v) is 1.14. The molecule has 0 aliphatic heterocycles. The second-order valence-electron chi connectivity index (χ2n) is 3.13. The molecule has 0 amide bonds. The summed E-state index contributed by atoms with van der Waals surface area (Å²) in [6.45, 7) is 6.40. The van der Waals surface area contributed by atoms with Gasteiger partial charge in [0.15, 0.2) is 0 Å². The molecule has 5 heteroatoms. The molecule has 1 heterocycles. The Morgan fingerprint density at radius 1 is 1.50 bits per heavy atom. The predicted molar refractivity (Wildman–Crippen MR) is 51.6 cm³/mol. The van der Waals surface area contributed by atoms with Crippen LogP contribution in [0, 0.1) is 0 Å². The first-order chi connectivity index (χ1) is 6.69. The fourth-order valence-electron chi connectivity index (χ4n) is 1.14. The molecular formula is C9H17N3O2. The third kappa shape index (κ3) is 2.52. The molecule has 0 aliphatic rings. The highest BCUT2D eigenvalue weighted by atomic mass is 16.5. The van der Waals surface area contributed by atoms with E-state index in [0.29, 0.717) is 18.3 Å². The lowest BCUT2D eigenvalue weighted by Gasteiger charge is -2.09. The van der Waals surface area contributed by atoms with Crippen LogP contribution in [0.5, 0.6) is 0 Å². The van der Waals surface area contributed by atoms with Crippen molar-refractivity contribution in [1.82, 2.24) is 10.1 Å². The molecule has 0 spiro atoms. The van der Waals surface area contributed by atoms with Gasteiger partial charge in [-0.1, -0.05) is 12.1 Å². The number of ether oxygens (including phenoxy) is 1. The highest BCUT2D eigenvalue weighted by Crippen LogP contribution is 2.18. The average Bonchev–Trinajstić information content (AvgIpc) is 2.63. The lowest BCUT2D eigenvalue weighted by molar-refractivity contribution is 0.0518. The molecule has 5 nitrogen and oxygen atoms in total. The van der Waals surface area contributed by atoms with Crippen molar-refractivity contribution >= 4 is 0 Å². The lowest BCUT2D eigenvalue weighted by Crippen LogP contribution is -2.07. The predicted octanol–water partition coefficient (Wildman–Crippen LogP) is 1.58. The average molecular weight is 199 g/mol. The summed E-state index contributed by atoms with van der Waals surface area (Å²) >= 11 is 0. The van der Waals surface area contributed by atoms with Gasteiger partial charge in [-0.25, -0.2) is 0 Å². The zero-order valence-electron chi connectivity index (χ0n) is 8.86. The van der Waals surface area contributed by atoms with Crippen LogP contribution in [0.2, 0.25) is 0 Å². The SMILES string of the molecule is CCOC(CC)c1noc([C@H](C)N)n1. The third-order valence-electron chi connectivity index (χ3n) is 1.87. The molecule has 2 N–H and O–H groups in total. The molecule has 1 aromatic heterocycles. The Morgan fingerprint density at radius 2 is 2.21 bits per heavy atom. The smallest absolute Gasteiger partial charge is 0.243 e. The molecule has 0 radical (unpaired) electrons. The van der Waals surface area contributed by atoms with E-state index in [1.807, 2.05) is 13.8 Å². The third-order valence-corrected chi connectivity index (χ3v) is 1.87. The monoisotopic (exact) mass is 199 g/mol. The van der Waals surface area contributed by atoms with Gasteiger partial charge in [-0.3, -0.25) is 0 Å². The highest BCUT2D eigenvalue weighted by molar-refractivity contribution is 4.93. The van der Waals surface area contributed by atoms with Crippen molar-refractivity contribution in [3.8, 4) is 0 Å². The molecule has 1 rings (SSSR count). The van der Waals surface area contributed by atoms with Gasteiger partial charge in [-0.2, -0.15) is 4.98 Å². The maximum atomic E-state index is 5.61. The van der Waals surface area contributed by atoms with Crippen LogP contribution in [0.15, 0.2) is 4.52 Å². The summed E-state index contributed by atoms with van der Waals surface area (Å²) in [6, 6.07) is -0.226. The van der Waals surface area contributed by atoms with Crippen LogP contribution in [-0.4, -0.2) is 16.7 Å². The van der Waals surface area contributed by atoms with E-state index in [1.165, 1.54) is 0 Å². The van der Waals surface area contributed by atoms with Crippen LogP contribution in [0.3, 0.4) is 0 Å². The maximum absolute atomic E-state index is 5.61. The van der Waals surface area contributed by atoms with Gasteiger partial charge < -0.3 is 15.0 Å². The van der Waals surface area contributed by atoms with Gasteiger partial charge in [0.2, 0.25) is 11.7 Å². The van der Waals surface area contributed by atoms with E-state index in [4.69, 9.17) is 15.0 Å². The van der Waals surface area contributed by atoms with E-state index in [9.17, 15) is 0 Å². The molecule has 80 valence electrons. The number of hydrogen-bond donors (Lipinski definition) is 1. The van der Waals surface area contributed by atoms with Crippen molar-refractivity contribution in [2.45, 2.75) is 39.3 Å². The number of nitrogens with two attached hydrogens (primary N) is 1. The molecule has 2 atom stereocenters. The topological polar surface area (TPSA) is 74.2 Å². The number of aromatic nitrogens is 2. The molecule has 0 bridgehead atoms. The zero-order chi connectivity index (χ0) is 10.6. The molecule has 0 fully saturated rings. The molecular weight excluding hydrogens is 182 g/mol. The van der Waals surface area contributed by atoms with E-state index < -0.39 is 0 Å². The van der Waals surface area contributed by atoms with Gasteiger partial charge >= 0.3 is 0 Å². The van der Waals surface area contributed by atoms with E-state index in [0.717, 1.165) is 6.42 Å². The van der Waals surface area contributed by atoms with Crippen molar-refractivity contribution in [1.29, 1.82) is 0 Å². The largest absolute Gasteiger partial charge is 0.370 e. The lowest BCUT2D eigenvalue weighted by atomic mass is 10.2.